The van der Waals surface area contributed by atoms with E-state index in [1.165, 1.54) is 31.2 Å². The largest absolute Gasteiger partial charge is 0.305 e. The summed E-state index contributed by atoms with van der Waals surface area (Å²) in [5.41, 5.74) is 2.40. The van der Waals surface area contributed by atoms with Crippen molar-refractivity contribution in [1.29, 1.82) is 0 Å². The maximum Gasteiger partial charge on any atom is 0.0751 e. The number of hydrogen-bond acceptors (Lipinski definition) is 2. The number of hydrogen-bond donors (Lipinski definition) is 1. The fourth-order valence-electron chi connectivity index (χ4n) is 3.08. The van der Waals surface area contributed by atoms with E-state index in [4.69, 9.17) is 0 Å². The molecule has 1 aliphatic rings. The van der Waals surface area contributed by atoms with Gasteiger partial charge in [0.1, 0.15) is 0 Å². The number of nitrogens with zero attached hydrogens (tertiary/aromatic N) is 1. The second-order valence-corrected chi connectivity index (χ2v) is 5.66. The Kier molecular flexibility index (Phi) is 4.44. The number of rotatable bonds is 5. The first-order valence-corrected chi connectivity index (χ1v) is 7.63. The third-order valence-corrected chi connectivity index (χ3v) is 4.20. The van der Waals surface area contributed by atoms with Gasteiger partial charge in [-0.25, -0.2) is 0 Å². The fourth-order valence-corrected chi connectivity index (χ4v) is 3.08. The van der Waals surface area contributed by atoms with Crippen LogP contribution < -0.4 is 5.32 Å². The smallest absolute Gasteiger partial charge is 0.0751 e. The Bertz CT molecular complexity index is 464. The van der Waals surface area contributed by atoms with Gasteiger partial charge in [0, 0.05) is 6.20 Å². The molecule has 1 aromatic carbocycles. The summed E-state index contributed by atoms with van der Waals surface area (Å²) in [6.07, 6.45) is 7.41. The van der Waals surface area contributed by atoms with Crippen LogP contribution in [0.3, 0.4) is 0 Å². The molecule has 0 spiro atoms. The Morgan fingerprint density at radius 2 is 1.75 bits per heavy atom. The van der Waals surface area contributed by atoms with Gasteiger partial charge in [-0.15, -0.1) is 0 Å². The molecule has 2 aromatic rings. The maximum absolute atomic E-state index is 4.54. The molecule has 0 bridgehead atoms. The van der Waals surface area contributed by atoms with Gasteiger partial charge < -0.3 is 5.32 Å². The quantitative estimate of drug-likeness (QED) is 0.886. The molecule has 20 heavy (non-hydrogen) atoms. The average molecular weight is 266 g/mol. The van der Waals surface area contributed by atoms with Crippen LogP contribution in [0.25, 0.3) is 0 Å². The average Bonchev–Trinajstić information content (AvgIpc) is 3.03. The van der Waals surface area contributed by atoms with E-state index in [1.54, 1.807) is 0 Å². The van der Waals surface area contributed by atoms with Gasteiger partial charge in [-0.2, -0.15) is 0 Å². The van der Waals surface area contributed by atoms with Crippen LogP contribution in [0.4, 0.5) is 0 Å². The van der Waals surface area contributed by atoms with Gasteiger partial charge in [-0.05, 0) is 43.0 Å². The predicted molar refractivity (Wildman–Crippen MR) is 82.5 cm³/mol. The maximum atomic E-state index is 4.54. The molecule has 1 N–H and O–H groups in total. The van der Waals surface area contributed by atoms with E-state index >= 15 is 0 Å². The van der Waals surface area contributed by atoms with Crippen molar-refractivity contribution in [3.63, 3.8) is 0 Å². The molecule has 1 saturated carbocycles. The topological polar surface area (TPSA) is 24.9 Å². The Balaban J connectivity index is 1.76. The van der Waals surface area contributed by atoms with Crippen molar-refractivity contribution in [2.75, 3.05) is 6.54 Å². The highest BCUT2D eigenvalue weighted by Gasteiger charge is 2.19. The highest BCUT2D eigenvalue weighted by molar-refractivity contribution is 5.27. The van der Waals surface area contributed by atoms with Crippen LogP contribution in [0, 0.1) is 5.92 Å². The van der Waals surface area contributed by atoms with E-state index < -0.39 is 0 Å². The summed E-state index contributed by atoms with van der Waals surface area (Å²) < 4.78 is 0. The van der Waals surface area contributed by atoms with Gasteiger partial charge in [-0.1, -0.05) is 49.2 Å². The summed E-state index contributed by atoms with van der Waals surface area (Å²) in [5.74, 6) is 0.838. The van der Waals surface area contributed by atoms with Gasteiger partial charge in [0.2, 0.25) is 0 Å². The normalized spacial score (nSPS) is 17.2. The SMILES string of the molecule is c1ccc(C(NCC2CCCC2)c2ccccn2)cc1. The van der Waals surface area contributed by atoms with Crippen molar-refractivity contribution in [1.82, 2.24) is 10.3 Å². The zero-order valence-corrected chi connectivity index (χ0v) is 11.8. The number of nitrogens with one attached hydrogen (secondary N) is 1. The molecular formula is C18H22N2. The molecule has 0 aliphatic heterocycles. The molecule has 1 atom stereocenters. The van der Waals surface area contributed by atoms with Gasteiger partial charge in [0.05, 0.1) is 11.7 Å². The van der Waals surface area contributed by atoms with E-state index in [9.17, 15) is 0 Å². The standard InChI is InChI=1S/C18H22N2/c1-2-10-16(11-3-1)18(17-12-6-7-13-19-17)20-14-15-8-4-5-9-15/h1-3,6-7,10-13,15,18,20H,4-5,8-9,14H2. The van der Waals surface area contributed by atoms with Crippen molar-refractivity contribution in [3.8, 4) is 0 Å². The van der Waals surface area contributed by atoms with Crippen LogP contribution in [0.5, 0.6) is 0 Å². The fraction of sp³-hybridized carbons (Fsp3) is 0.389. The first kappa shape index (κ1) is 13.3. The Labute approximate surface area is 121 Å². The highest BCUT2D eigenvalue weighted by atomic mass is 14.9. The Hall–Kier alpha value is -1.67. The summed E-state index contributed by atoms with van der Waals surface area (Å²) >= 11 is 0. The lowest BCUT2D eigenvalue weighted by Crippen LogP contribution is -2.27. The van der Waals surface area contributed by atoms with Crippen molar-refractivity contribution in [2.24, 2.45) is 5.92 Å². The number of pyridine rings is 1. The van der Waals surface area contributed by atoms with Gasteiger partial charge >= 0.3 is 0 Å². The molecule has 1 unspecified atom stereocenters. The molecule has 1 fully saturated rings. The summed E-state index contributed by atoms with van der Waals surface area (Å²) in [6, 6.07) is 17.0. The van der Waals surface area contributed by atoms with E-state index in [0.29, 0.717) is 0 Å². The summed E-state index contributed by atoms with van der Waals surface area (Å²) in [6.45, 7) is 1.09. The van der Waals surface area contributed by atoms with Crippen LogP contribution in [-0.4, -0.2) is 11.5 Å². The Morgan fingerprint density at radius 1 is 1.00 bits per heavy atom. The van der Waals surface area contributed by atoms with Crippen LogP contribution >= 0.6 is 0 Å². The van der Waals surface area contributed by atoms with Crippen LogP contribution in [0.1, 0.15) is 43.0 Å². The third-order valence-electron chi connectivity index (χ3n) is 4.20. The monoisotopic (exact) mass is 266 g/mol. The van der Waals surface area contributed by atoms with Crippen molar-refractivity contribution >= 4 is 0 Å². The molecular weight excluding hydrogens is 244 g/mol. The molecule has 0 amide bonds. The van der Waals surface area contributed by atoms with E-state index in [0.717, 1.165) is 18.2 Å². The van der Waals surface area contributed by atoms with Crippen molar-refractivity contribution in [2.45, 2.75) is 31.7 Å². The first-order valence-electron chi connectivity index (χ1n) is 7.63. The lowest BCUT2D eigenvalue weighted by Gasteiger charge is -2.21. The van der Waals surface area contributed by atoms with Gasteiger partial charge in [-0.3, -0.25) is 4.98 Å². The molecule has 0 radical (unpaired) electrons. The molecule has 104 valence electrons. The minimum Gasteiger partial charge on any atom is -0.305 e. The molecule has 2 heteroatoms. The third kappa shape index (κ3) is 3.26. The second-order valence-electron chi connectivity index (χ2n) is 5.66. The lowest BCUT2D eigenvalue weighted by atomic mass is 10.0. The molecule has 2 nitrogen and oxygen atoms in total. The number of benzene rings is 1. The molecule has 0 saturated heterocycles. The van der Waals surface area contributed by atoms with Gasteiger partial charge in [0.25, 0.3) is 0 Å². The zero-order chi connectivity index (χ0) is 13.6. The van der Waals surface area contributed by atoms with E-state index in [-0.39, 0.29) is 6.04 Å². The molecule has 3 rings (SSSR count). The van der Waals surface area contributed by atoms with Crippen molar-refractivity contribution in [3.05, 3.63) is 66.0 Å². The molecule has 1 aliphatic carbocycles. The lowest BCUT2D eigenvalue weighted by molar-refractivity contribution is 0.460. The van der Waals surface area contributed by atoms with E-state index in [2.05, 4.69) is 52.8 Å². The first-order chi connectivity index (χ1) is 9.93. The van der Waals surface area contributed by atoms with E-state index in [1.807, 2.05) is 12.3 Å². The van der Waals surface area contributed by atoms with Crippen molar-refractivity contribution < 1.29 is 0 Å². The number of aromatic nitrogens is 1. The summed E-state index contributed by atoms with van der Waals surface area (Å²) in [4.78, 5) is 4.54. The second kappa shape index (κ2) is 6.67. The van der Waals surface area contributed by atoms with Crippen LogP contribution in [0.2, 0.25) is 0 Å². The summed E-state index contributed by atoms with van der Waals surface area (Å²) in [5, 5.41) is 3.73. The summed E-state index contributed by atoms with van der Waals surface area (Å²) in [7, 11) is 0. The minimum absolute atomic E-state index is 0.206. The van der Waals surface area contributed by atoms with Crippen LogP contribution in [0.15, 0.2) is 54.7 Å². The van der Waals surface area contributed by atoms with Gasteiger partial charge in [0.15, 0.2) is 0 Å². The molecule has 1 aromatic heterocycles. The van der Waals surface area contributed by atoms with Crippen LogP contribution in [-0.2, 0) is 0 Å². The predicted octanol–water partition coefficient (Wildman–Crippen LogP) is 3.95. The minimum atomic E-state index is 0.206. The Morgan fingerprint density at radius 3 is 2.45 bits per heavy atom. The zero-order valence-electron chi connectivity index (χ0n) is 11.8. The highest BCUT2D eigenvalue weighted by Crippen LogP contribution is 2.26. The molecule has 1 heterocycles.